The van der Waals surface area contributed by atoms with Gasteiger partial charge in [0.25, 0.3) is 0 Å². The maximum Gasteiger partial charge on any atom is 0.469 e. The van der Waals surface area contributed by atoms with Crippen LogP contribution in [-0.4, -0.2) is 54.3 Å². The second-order valence-corrected chi connectivity index (χ2v) is 14.5. The first-order valence-corrected chi connectivity index (χ1v) is 15.1. The van der Waals surface area contributed by atoms with Gasteiger partial charge >= 0.3 is 7.82 Å². The lowest BCUT2D eigenvalue weighted by atomic mass is 9.46. The number of aliphatic hydroxyl groups excluding tert-OH is 1. The molecule has 3 fully saturated rings. The summed E-state index contributed by atoms with van der Waals surface area (Å²) in [6, 6.07) is 0. The van der Waals surface area contributed by atoms with E-state index in [1.165, 1.54) is 0 Å². The third kappa shape index (κ3) is 4.81. The van der Waals surface area contributed by atoms with E-state index in [0.717, 1.165) is 24.8 Å². The van der Waals surface area contributed by atoms with Crippen molar-refractivity contribution in [2.24, 2.45) is 34.5 Å². The number of carbonyl (C=O) groups is 1. The van der Waals surface area contributed by atoms with Gasteiger partial charge in [-0.15, -0.1) is 0 Å². The highest BCUT2D eigenvalue weighted by molar-refractivity contribution is 7.46. The van der Waals surface area contributed by atoms with Crippen molar-refractivity contribution < 1.29 is 39.0 Å². The Balaban J connectivity index is 1.65. The zero-order valence-electron chi connectivity index (χ0n) is 22.3. The summed E-state index contributed by atoms with van der Waals surface area (Å²) >= 11 is 0. The fourth-order valence-electron chi connectivity index (χ4n) is 8.54. The maximum atomic E-state index is 13.3. The molecule has 0 radical (unpaired) electrons. The fraction of sp³-hybridized carbons (Fsp3) is 0.889. The van der Waals surface area contributed by atoms with Gasteiger partial charge in [0.15, 0.2) is 5.78 Å². The first-order valence-electron chi connectivity index (χ1n) is 13.5. The summed E-state index contributed by atoms with van der Waals surface area (Å²) in [6.07, 6.45) is 5.69. The third-order valence-corrected chi connectivity index (χ3v) is 11.2. The SMILES string of the molecule is C[C@@H]([C@H]1CC[C@@]2(O)C3=CC(=O)[C@@H]4C[C@H](O)CC[C@]4(C)[C@H]3CC[C@]12C)[C@@H](CCC(C)(C)O)OP(=O)(O)O. The van der Waals surface area contributed by atoms with E-state index in [4.69, 9.17) is 4.52 Å². The second kappa shape index (κ2) is 9.25. The Morgan fingerprint density at radius 3 is 2.42 bits per heavy atom. The molecule has 4 aliphatic carbocycles. The van der Waals surface area contributed by atoms with Gasteiger partial charge in [-0.25, -0.2) is 4.57 Å². The lowest BCUT2D eigenvalue weighted by Crippen LogP contribution is -2.59. The molecule has 4 aliphatic rings. The lowest BCUT2D eigenvalue weighted by molar-refractivity contribution is -0.142. The first kappa shape index (κ1) is 28.4. The van der Waals surface area contributed by atoms with Gasteiger partial charge in [0, 0.05) is 11.3 Å². The molecule has 0 unspecified atom stereocenters. The van der Waals surface area contributed by atoms with Gasteiger partial charge in [-0.3, -0.25) is 9.32 Å². The van der Waals surface area contributed by atoms with Crippen LogP contribution >= 0.6 is 7.82 Å². The minimum atomic E-state index is -4.76. The smallest absolute Gasteiger partial charge is 0.393 e. The maximum absolute atomic E-state index is 13.3. The van der Waals surface area contributed by atoms with Crippen molar-refractivity contribution in [3.8, 4) is 0 Å². The Labute approximate surface area is 214 Å². The molecule has 4 rings (SSSR count). The number of fused-ring (bicyclic) bond motifs is 5. The molecular weight excluding hydrogens is 483 g/mol. The van der Waals surface area contributed by atoms with Crippen LogP contribution in [0.15, 0.2) is 11.6 Å². The summed E-state index contributed by atoms with van der Waals surface area (Å²) in [5, 5.41) is 32.8. The molecule has 0 spiro atoms. The Morgan fingerprint density at radius 1 is 1.14 bits per heavy atom. The molecule has 0 saturated heterocycles. The molecule has 0 heterocycles. The van der Waals surface area contributed by atoms with Crippen LogP contribution < -0.4 is 0 Å². The Kier molecular flexibility index (Phi) is 7.30. The van der Waals surface area contributed by atoms with Crippen molar-refractivity contribution in [2.75, 3.05) is 0 Å². The number of ketones is 1. The van der Waals surface area contributed by atoms with Gasteiger partial charge in [-0.05, 0) is 106 Å². The van der Waals surface area contributed by atoms with E-state index < -0.39 is 36.6 Å². The van der Waals surface area contributed by atoms with Crippen LogP contribution in [0.1, 0.15) is 92.4 Å². The molecule has 0 aliphatic heterocycles. The number of phosphoric acid groups is 1. The molecule has 0 aromatic rings. The summed E-state index contributed by atoms with van der Waals surface area (Å²) in [5.74, 6) is -0.483. The van der Waals surface area contributed by atoms with E-state index in [1.807, 2.05) is 6.92 Å². The summed E-state index contributed by atoms with van der Waals surface area (Å²) in [6.45, 7) is 9.47. The van der Waals surface area contributed by atoms with Gasteiger partial charge < -0.3 is 25.1 Å². The Bertz CT molecular complexity index is 952. The predicted octanol–water partition coefficient (Wildman–Crippen LogP) is 3.89. The number of aliphatic hydroxyl groups is 3. The van der Waals surface area contributed by atoms with E-state index in [-0.39, 0.29) is 41.3 Å². The highest BCUT2D eigenvalue weighted by Crippen LogP contribution is 2.68. The minimum Gasteiger partial charge on any atom is -0.393 e. The molecule has 5 N–H and O–H groups in total. The second-order valence-electron chi connectivity index (χ2n) is 13.3. The van der Waals surface area contributed by atoms with Crippen LogP contribution in [0.2, 0.25) is 0 Å². The van der Waals surface area contributed by atoms with Crippen LogP contribution in [0.25, 0.3) is 0 Å². The molecule has 8 nitrogen and oxygen atoms in total. The number of hydrogen-bond acceptors (Lipinski definition) is 6. The normalized spacial score (nSPS) is 42.7. The fourth-order valence-corrected chi connectivity index (χ4v) is 9.19. The van der Waals surface area contributed by atoms with Crippen molar-refractivity contribution in [1.82, 2.24) is 0 Å². The molecule has 0 aromatic heterocycles. The lowest BCUT2D eigenvalue weighted by Gasteiger charge is -2.60. The van der Waals surface area contributed by atoms with E-state index in [0.29, 0.717) is 32.1 Å². The van der Waals surface area contributed by atoms with Crippen LogP contribution in [-0.2, 0) is 13.9 Å². The topological polar surface area (TPSA) is 145 Å². The van der Waals surface area contributed by atoms with Gasteiger partial charge in [0.1, 0.15) is 0 Å². The number of allylic oxidation sites excluding steroid dienone is 1. The van der Waals surface area contributed by atoms with E-state index in [1.54, 1.807) is 19.9 Å². The monoisotopic (exact) mass is 528 g/mol. The standard InChI is InChI=1S/C27H45O8P/c1-16(23(35-36(32,33)34)9-10-24(2,3)30)18-8-13-27(31)20-15-22(29)21-14-17(28)6-11-25(21,4)19(20)7-12-26(18,27)5/h15-19,21,23,28,30-31H,6-14H2,1-5H3,(H2,32,33,34)/t16-,17+,18+,19-,21-,23+,25+,26+,27+/m0/s1. The van der Waals surface area contributed by atoms with Gasteiger partial charge in [0.2, 0.25) is 0 Å². The van der Waals surface area contributed by atoms with Gasteiger partial charge in [-0.1, -0.05) is 20.8 Å². The minimum absolute atomic E-state index is 0.00422. The van der Waals surface area contributed by atoms with Gasteiger partial charge in [-0.2, -0.15) is 0 Å². The third-order valence-electron chi connectivity index (χ3n) is 10.7. The number of carbonyl (C=O) groups excluding carboxylic acids is 1. The Morgan fingerprint density at radius 2 is 1.81 bits per heavy atom. The van der Waals surface area contributed by atoms with Crippen LogP contribution in [0.3, 0.4) is 0 Å². The van der Waals surface area contributed by atoms with Crippen LogP contribution in [0.4, 0.5) is 0 Å². The molecule has 3 saturated carbocycles. The van der Waals surface area contributed by atoms with E-state index >= 15 is 0 Å². The summed E-state index contributed by atoms with van der Waals surface area (Å²) in [4.78, 5) is 32.5. The largest absolute Gasteiger partial charge is 0.469 e. The predicted molar refractivity (Wildman–Crippen MR) is 135 cm³/mol. The average Bonchev–Trinajstić information content (AvgIpc) is 3.02. The molecule has 206 valence electrons. The van der Waals surface area contributed by atoms with E-state index in [9.17, 15) is 34.5 Å². The van der Waals surface area contributed by atoms with Crippen molar-refractivity contribution in [3.63, 3.8) is 0 Å². The quantitative estimate of drug-likeness (QED) is 0.313. The number of hydrogen-bond donors (Lipinski definition) is 5. The molecule has 9 heteroatoms. The molecular formula is C27H45O8P. The highest BCUT2D eigenvalue weighted by Gasteiger charge is 2.66. The summed E-state index contributed by atoms with van der Waals surface area (Å²) in [5.41, 5.74) is -2.19. The zero-order valence-corrected chi connectivity index (χ0v) is 23.2. The number of rotatable bonds is 7. The van der Waals surface area contributed by atoms with Gasteiger partial charge in [0.05, 0.1) is 23.4 Å². The summed E-state index contributed by atoms with van der Waals surface area (Å²) in [7, 11) is -4.76. The first-order chi connectivity index (χ1) is 16.4. The molecule has 0 aromatic carbocycles. The molecule has 0 amide bonds. The number of phosphoric ester groups is 1. The molecule has 0 bridgehead atoms. The van der Waals surface area contributed by atoms with Crippen molar-refractivity contribution in [2.45, 2.75) is 116 Å². The highest BCUT2D eigenvalue weighted by atomic mass is 31.2. The van der Waals surface area contributed by atoms with Crippen LogP contribution in [0.5, 0.6) is 0 Å². The zero-order chi connectivity index (χ0) is 26.9. The van der Waals surface area contributed by atoms with Crippen molar-refractivity contribution in [3.05, 3.63) is 11.6 Å². The molecule has 36 heavy (non-hydrogen) atoms. The summed E-state index contributed by atoms with van der Waals surface area (Å²) < 4.78 is 17.1. The average molecular weight is 529 g/mol. The molecule has 9 atom stereocenters. The van der Waals surface area contributed by atoms with Crippen molar-refractivity contribution >= 4 is 13.6 Å². The van der Waals surface area contributed by atoms with Crippen LogP contribution in [0, 0.1) is 34.5 Å². The van der Waals surface area contributed by atoms with E-state index in [2.05, 4.69) is 13.8 Å². The van der Waals surface area contributed by atoms with Crippen molar-refractivity contribution in [1.29, 1.82) is 0 Å². The Hall–Kier alpha value is -0.600.